The molecule has 0 saturated heterocycles. The molecule has 21 heavy (non-hydrogen) atoms. The van der Waals surface area contributed by atoms with Crippen LogP contribution in [0, 0.1) is 0 Å². The van der Waals surface area contributed by atoms with Crippen molar-refractivity contribution in [2.75, 3.05) is 18.2 Å². The van der Waals surface area contributed by atoms with Gasteiger partial charge in [-0.05, 0) is 43.3 Å². The van der Waals surface area contributed by atoms with Gasteiger partial charge in [-0.3, -0.25) is 4.79 Å². The van der Waals surface area contributed by atoms with Crippen LogP contribution in [-0.4, -0.2) is 18.3 Å². The fourth-order valence-electron chi connectivity index (χ4n) is 1.75. The molecule has 0 aromatic heterocycles. The summed E-state index contributed by atoms with van der Waals surface area (Å²) in [6.07, 6.45) is 0. The number of hydrogen-bond donors (Lipinski definition) is 2. The highest BCUT2D eigenvalue weighted by Gasteiger charge is 2.14. The number of nitrogens with one attached hydrogen (secondary N) is 1. The SMILES string of the molecule is COc1cccc(NC(=O)C(C)Sc2ccc(N)cc2)c1. The third-order valence-corrected chi connectivity index (χ3v) is 4.01. The number of amides is 1. The van der Waals surface area contributed by atoms with E-state index in [9.17, 15) is 4.79 Å². The van der Waals surface area contributed by atoms with Crippen LogP contribution in [0.1, 0.15) is 6.92 Å². The highest BCUT2D eigenvalue weighted by molar-refractivity contribution is 8.00. The maximum absolute atomic E-state index is 12.2. The lowest BCUT2D eigenvalue weighted by molar-refractivity contribution is -0.115. The standard InChI is InChI=1S/C16H18N2O2S/c1-11(21-15-8-6-12(17)7-9-15)16(19)18-13-4-3-5-14(10-13)20-2/h3-11H,17H2,1-2H3,(H,18,19). The van der Waals surface area contributed by atoms with Gasteiger partial charge in [-0.25, -0.2) is 0 Å². The van der Waals surface area contributed by atoms with Crippen molar-refractivity contribution in [3.8, 4) is 5.75 Å². The molecule has 0 aliphatic rings. The van der Waals surface area contributed by atoms with E-state index < -0.39 is 0 Å². The fourth-order valence-corrected chi connectivity index (χ4v) is 2.62. The lowest BCUT2D eigenvalue weighted by Gasteiger charge is -2.12. The number of carbonyl (C=O) groups excluding carboxylic acids is 1. The summed E-state index contributed by atoms with van der Waals surface area (Å²) in [4.78, 5) is 13.2. The number of methoxy groups -OCH3 is 1. The summed E-state index contributed by atoms with van der Waals surface area (Å²) < 4.78 is 5.14. The molecule has 5 heteroatoms. The van der Waals surface area contributed by atoms with Crippen LogP contribution >= 0.6 is 11.8 Å². The number of rotatable bonds is 5. The van der Waals surface area contributed by atoms with Crippen LogP contribution in [0.5, 0.6) is 5.75 Å². The van der Waals surface area contributed by atoms with Crippen molar-refractivity contribution in [3.63, 3.8) is 0 Å². The number of nitrogen functional groups attached to an aromatic ring is 1. The van der Waals surface area contributed by atoms with Crippen molar-refractivity contribution in [1.82, 2.24) is 0 Å². The zero-order valence-corrected chi connectivity index (χ0v) is 12.8. The fraction of sp³-hybridized carbons (Fsp3) is 0.188. The van der Waals surface area contributed by atoms with Gasteiger partial charge in [0, 0.05) is 22.3 Å². The van der Waals surface area contributed by atoms with Crippen LogP contribution in [-0.2, 0) is 4.79 Å². The highest BCUT2D eigenvalue weighted by Crippen LogP contribution is 2.25. The molecule has 2 aromatic rings. The lowest BCUT2D eigenvalue weighted by Crippen LogP contribution is -2.22. The van der Waals surface area contributed by atoms with Crippen LogP contribution in [0.3, 0.4) is 0 Å². The molecule has 1 atom stereocenters. The summed E-state index contributed by atoms with van der Waals surface area (Å²) in [5, 5.41) is 2.68. The van der Waals surface area contributed by atoms with Crippen LogP contribution in [0.4, 0.5) is 11.4 Å². The maximum atomic E-state index is 12.2. The number of ether oxygens (including phenoxy) is 1. The first-order chi connectivity index (χ1) is 10.1. The second-order valence-corrected chi connectivity index (χ2v) is 5.96. The highest BCUT2D eigenvalue weighted by atomic mass is 32.2. The summed E-state index contributed by atoms with van der Waals surface area (Å²) in [7, 11) is 1.60. The van der Waals surface area contributed by atoms with Gasteiger partial charge >= 0.3 is 0 Å². The van der Waals surface area contributed by atoms with Gasteiger partial charge in [-0.1, -0.05) is 6.07 Å². The Bertz CT molecular complexity index is 614. The molecule has 110 valence electrons. The van der Waals surface area contributed by atoms with Gasteiger partial charge in [0.05, 0.1) is 12.4 Å². The molecule has 0 radical (unpaired) electrons. The Labute approximate surface area is 128 Å². The van der Waals surface area contributed by atoms with E-state index in [2.05, 4.69) is 5.32 Å². The largest absolute Gasteiger partial charge is 0.497 e. The van der Waals surface area contributed by atoms with E-state index >= 15 is 0 Å². The maximum Gasteiger partial charge on any atom is 0.237 e. The van der Waals surface area contributed by atoms with Gasteiger partial charge in [-0.15, -0.1) is 11.8 Å². The Morgan fingerprint density at radius 2 is 1.95 bits per heavy atom. The number of thioether (sulfide) groups is 1. The molecule has 2 rings (SSSR count). The predicted octanol–water partition coefficient (Wildman–Crippen LogP) is 3.40. The molecule has 1 unspecified atom stereocenters. The van der Waals surface area contributed by atoms with Crippen molar-refractivity contribution in [3.05, 3.63) is 48.5 Å². The van der Waals surface area contributed by atoms with E-state index in [1.165, 1.54) is 11.8 Å². The number of nitrogens with two attached hydrogens (primary N) is 1. The number of carbonyl (C=O) groups is 1. The van der Waals surface area contributed by atoms with Crippen molar-refractivity contribution in [2.24, 2.45) is 0 Å². The van der Waals surface area contributed by atoms with Gasteiger partial charge in [-0.2, -0.15) is 0 Å². The summed E-state index contributed by atoms with van der Waals surface area (Å²) in [6.45, 7) is 1.87. The van der Waals surface area contributed by atoms with Gasteiger partial charge in [0.15, 0.2) is 0 Å². The third kappa shape index (κ3) is 4.43. The Morgan fingerprint density at radius 1 is 1.24 bits per heavy atom. The normalized spacial score (nSPS) is 11.7. The molecular formula is C16H18N2O2S. The molecular weight excluding hydrogens is 284 g/mol. The molecule has 0 aliphatic heterocycles. The molecule has 0 saturated carbocycles. The van der Waals surface area contributed by atoms with Crippen LogP contribution in [0.25, 0.3) is 0 Å². The number of benzene rings is 2. The summed E-state index contributed by atoms with van der Waals surface area (Å²) in [6, 6.07) is 14.8. The molecule has 3 N–H and O–H groups in total. The first-order valence-electron chi connectivity index (χ1n) is 6.55. The van der Waals surface area contributed by atoms with Gasteiger partial charge in [0.1, 0.15) is 5.75 Å². The van der Waals surface area contributed by atoms with Crippen molar-refractivity contribution >= 4 is 29.0 Å². The van der Waals surface area contributed by atoms with E-state index in [1.807, 2.05) is 49.4 Å². The molecule has 0 bridgehead atoms. The minimum Gasteiger partial charge on any atom is -0.497 e. The van der Waals surface area contributed by atoms with Crippen LogP contribution in [0.15, 0.2) is 53.4 Å². The van der Waals surface area contributed by atoms with Crippen molar-refractivity contribution in [1.29, 1.82) is 0 Å². The third-order valence-electron chi connectivity index (χ3n) is 2.90. The lowest BCUT2D eigenvalue weighted by atomic mass is 10.3. The summed E-state index contributed by atoms with van der Waals surface area (Å²) in [5.41, 5.74) is 7.09. The molecule has 1 amide bonds. The molecule has 4 nitrogen and oxygen atoms in total. The van der Waals surface area contributed by atoms with E-state index in [1.54, 1.807) is 13.2 Å². The smallest absolute Gasteiger partial charge is 0.237 e. The Morgan fingerprint density at radius 3 is 2.62 bits per heavy atom. The number of hydrogen-bond acceptors (Lipinski definition) is 4. The van der Waals surface area contributed by atoms with E-state index in [0.29, 0.717) is 11.4 Å². The predicted molar refractivity (Wildman–Crippen MR) is 87.8 cm³/mol. The van der Waals surface area contributed by atoms with Crippen LogP contribution < -0.4 is 15.8 Å². The molecule has 0 aliphatic carbocycles. The first-order valence-corrected chi connectivity index (χ1v) is 7.43. The first kappa shape index (κ1) is 15.3. The molecule has 0 spiro atoms. The van der Waals surface area contributed by atoms with E-state index in [-0.39, 0.29) is 11.2 Å². The Hall–Kier alpha value is -2.14. The van der Waals surface area contributed by atoms with E-state index in [0.717, 1.165) is 10.6 Å². The summed E-state index contributed by atoms with van der Waals surface area (Å²) in [5.74, 6) is 0.664. The Kier molecular flexibility index (Phi) is 5.11. The number of anilines is 2. The Balaban J connectivity index is 1.97. The van der Waals surface area contributed by atoms with Crippen molar-refractivity contribution < 1.29 is 9.53 Å². The van der Waals surface area contributed by atoms with Crippen LogP contribution in [0.2, 0.25) is 0 Å². The van der Waals surface area contributed by atoms with Crippen molar-refractivity contribution in [2.45, 2.75) is 17.1 Å². The molecule has 0 heterocycles. The van der Waals surface area contributed by atoms with Gasteiger partial charge in [0.25, 0.3) is 0 Å². The topological polar surface area (TPSA) is 64.3 Å². The molecule has 0 fully saturated rings. The van der Waals surface area contributed by atoms with Gasteiger partial charge in [0.2, 0.25) is 5.91 Å². The molecule has 2 aromatic carbocycles. The average molecular weight is 302 g/mol. The monoisotopic (exact) mass is 302 g/mol. The quantitative estimate of drug-likeness (QED) is 0.656. The minimum atomic E-state index is -0.208. The average Bonchev–Trinajstić information content (AvgIpc) is 2.49. The second-order valence-electron chi connectivity index (χ2n) is 4.55. The van der Waals surface area contributed by atoms with E-state index in [4.69, 9.17) is 10.5 Å². The zero-order valence-electron chi connectivity index (χ0n) is 12.0. The minimum absolute atomic E-state index is 0.0509. The van der Waals surface area contributed by atoms with Gasteiger partial charge < -0.3 is 15.8 Å². The second kappa shape index (κ2) is 7.04. The zero-order chi connectivity index (χ0) is 15.2. The summed E-state index contributed by atoms with van der Waals surface area (Å²) >= 11 is 1.49.